The van der Waals surface area contributed by atoms with Crippen LogP contribution in [0.4, 0.5) is 0 Å². The maximum atomic E-state index is 4.10. The second-order valence-electron chi connectivity index (χ2n) is 17.0. The van der Waals surface area contributed by atoms with Gasteiger partial charge in [0.25, 0.3) is 0 Å². The van der Waals surface area contributed by atoms with Crippen LogP contribution < -0.4 is 16.0 Å². The first-order valence-corrected chi connectivity index (χ1v) is 21.8. The van der Waals surface area contributed by atoms with Crippen LogP contribution in [0.25, 0.3) is 54.6 Å². The van der Waals surface area contributed by atoms with E-state index in [4.69, 9.17) is 0 Å². The van der Waals surface area contributed by atoms with E-state index in [1.807, 2.05) is 0 Å². The van der Waals surface area contributed by atoms with E-state index in [-0.39, 0.29) is 18.5 Å². The number of benzene rings is 10. The molecule has 1 fully saturated rings. The van der Waals surface area contributed by atoms with Crippen molar-refractivity contribution in [2.45, 2.75) is 30.8 Å². The monoisotopic (exact) mass is 795 g/mol. The molecule has 296 valence electrons. The molecule has 0 amide bonds. The molecular formula is C59H45N3. The van der Waals surface area contributed by atoms with Gasteiger partial charge in [-0.05, 0) is 107 Å². The molecule has 3 nitrogen and oxygen atoms in total. The lowest BCUT2D eigenvalue weighted by Crippen LogP contribution is -2.54. The second kappa shape index (κ2) is 14.8. The molecule has 2 aliphatic rings. The van der Waals surface area contributed by atoms with Crippen molar-refractivity contribution in [2.24, 2.45) is 0 Å². The summed E-state index contributed by atoms with van der Waals surface area (Å²) < 4.78 is 0. The van der Waals surface area contributed by atoms with Crippen molar-refractivity contribution in [1.82, 2.24) is 16.0 Å². The standard InChI is InChI=1S/C59H45N3/c1-38-27-33-48-41(35-38)16-14-25-46(48)39-28-30-40(31-29-39)56-60-57(62-58(61-56)53-36-42-15-8-9-21-47(42)49-22-10-11-23-50(49)53)43-32-34-52-51-24-12-13-26-54(51)59(55(52)37-43,44-17-4-2-5-18-44)45-19-6-3-7-20-45/h2-37,56-58,60-62H,1H3. The Hall–Kier alpha value is -7.14. The zero-order valence-electron chi connectivity index (χ0n) is 34.5. The molecule has 0 saturated carbocycles. The van der Waals surface area contributed by atoms with Gasteiger partial charge in [0.2, 0.25) is 0 Å². The minimum Gasteiger partial charge on any atom is -0.279 e. The summed E-state index contributed by atoms with van der Waals surface area (Å²) >= 11 is 0. The van der Waals surface area contributed by atoms with Crippen LogP contribution in [-0.2, 0) is 5.41 Å². The summed E-state index contributed by atoms with van der Waals surface area (Å²) in [6.45, 7) is 2.16. The highest BCUT2D eigenvalue weighted by Crippen LogP contribution is 2.56. The van der Waals surface area contributed by atoms with Gasteiger partial charge in [0, 0.05) is 0 Å². The number of nitrogens with one attached hydrogen (secondary N) is 3. The number of hydrogen-bond donors (Lipinski definition) is 3. The molecule has 0 spiro atoms. The fourth-order valence-electron chi connectivity index (χ4n) is 10.7. The summed E-state index contributed by atoms with van der Waals surface area (Å²) in [6.07, 6.45) is -0.505. The number of fused-ring (bicyclic) bond motifs is 7. The average molecular weight is 796 g/mol. The Morgan fingerprint density at radius 1 is 0.355 bits per heavy atom. The highest BCUT2D eigenvalue weighted by atomic mass is 15.4. The van der Waals surface area contributed by atoms with Gasteiger partial charge in [-0.3, -0.25) is 16.0 Å². The Kier molecular flexibility index (Phi) is 8.75. The Labute approximate surface area is 362 Å². The third-order valence-corrected chi connectivity index (χ3v) is 13.5. The van der Waals surface area contributed by atoms with Crippen LogP contribution in [0.15, 0.2) is 218 Å². The van der Waals surface area contributed by atoms with Crippen molar-refractivity contribution in [3.8, 4) is 22.3 Å². The van der Waals surface area contributed by atoms with Gasteiger partial charge in [-0.2, -0.15) is 0 Å². The molecule has 3 N–H and O–H groups in total. The zero-order valence-corrected chi connectivity index (χ0v) is 34.5. The molecule has 1 aliphatic carbocycles. The minimum absolute atomic E-state index is 0.154. The molecule has 62 heavy (non-hydrogen) atoms. The average Bonchev–Trinajstić information content (AvgIpc) is 3.64. The molecule has 10 aromatic rings. The summed E-state index contributed by atoms with van der Waals surface area (Å²) in [4.78, 5) is 0. The third kappa shape index (κ3) is 5.85. The van der Waals surface area contributed by atoms with E-state index in [1.165, 1.54) is 99.1 Å². The van der Waals surface area contributed by atoms with Crippen molar-refractivity contribution >= 4 is 32.3 Å². The van der Waals surface area contributed by atoms with Crippen molar-refractivity contribution in [3.05, 3.63) is 263 Å². The van der Waals surface area contributed by atoms with Crippen molar-refractivity contribution in [3.63, 3.8) is 0 Å². The minimum atomic E-state index is -0.485. The molecule has 0 bridgehead atoms. The molecule has 3 heteroatoms. The molecule has 1 saturated heterocycles. The van der Waals surface area contributed by atoms with Crippen LogP contribution >= 0.6 is 0 Å². The summed E-state index contributed by atoms with van der Waals surface area (Å²) in [5, 5.41) is 19.8. The van der Waals surface area contributed by atoms with Crippen molar-refractivity contribution < 1.29 is 0 Å². The van der Waals surface area contributed by atoms with Crippen LogP contribution in [0.2, 0.25) is 0 Å². The number of rotatable bonds is 6. The first-order chi connectivity index (χ1) is 30.6. The molecule has 1 aliphatic heterocycles. The molecule has 0 aromatic heterocycles. The highest BCUT2D eigenvalue weighted by Gasteiger charge is 2.46. The number of aryl methyl sites for hydroxylation is 1. The summed E-state index contributed by atoms with van der Waals surface area (Å²) in [5.74, 6) is 0. The lowest BCUT2D eigenvalue weighted by Gasteiger charge is -2.40. The van der Waals surface area contributed by atoms with Gasteiger partial charge in [-0.25, -0.2) is 0 Å². The Morgan fingerprint density at radius 3 is 1.69 bits per heavy atom. The summed E-state index contributed by atoms with van der Waals surface area (Å²) in [5.41, 5.74) is 14.6. The molecule has 3 unspecified atom stereocenters. The zero-order chi connectivity index (χ0) is 41.2. The molecule has 1 heterocycles. The van der Waals surface area contributed by atoms with E-state index in [0.29, 0.717) is 0 Å². The maximum Gasteiger partial charge on any atom is 0.0870 e. The van der Waals surface area contributed by atoms with Crippen LogP contribution in [0, 0.1) is 6.92 Å². The predicted octanol–water partition coefficient (Wildman–Crippen LogP) is 13.7. The first-order valence-electron chi connectivity index (χ1n) is 21.8. The quantitative estimate of drug-likeness (QED) is 0.147. The third-order valence-electron chi connectivity index (χ3n) is 13.5. The van der Waals surface area contributed by atoms with E-state index < -0.39 is 5.41 Å². The van der Waals surface area contributed by atoms with Crippen molar-refractivity contribution in [2.75, 3.05) is 0 Å². The van der Waals surface area contributed by atoms with Crippen LogP contribution in [0.3, 0.4) is 0 Å². The largest absolute Gasteiger partial charge is 0.279 e. The molecule has 0 radical (unpaired) electrons. The molecule has 12 rings (SSSR count). The number of hydrogen-bond acceptors (Lipinski definition) is 3. The Morgan fingerprint density at radius 2 is 0.919 bits per heavy atom. The Balaban J connectivity index is 1.01. The van der Waals surface area contributed by atoms with E-state index in [1.54, 1.807) is 0 Å². The van der Waals surface area contributed by atoms with Gasteiger partial charge < -0.3 is 0 Å². The van der Waals surface area contributed by atoms with Crippen molar-refractivity contribution in [1.29, 1.82) is 0 Å². The highest BCUT2D eigenvalue weighted by molar-refractivity contribution is 6.09. The Bertz CT molecular complexity index is 3260. The van der Waals surface area contributed by atoms with Gasteiger partial charge >= 0.3 is 0 Å². The second-order valence-corrected chi connectivity index (χ2v) is 17.0. The summed E-state index contributed by atoms with van der Waals surface area (Å²) in [6, 6.07) is 80.8. The normalized spacial score (nSPS) is 17.9. The lowest BCUT2D eigenvalue weighted by atomic mass is 9.67. The van der Waals surface area contributed by atoms with E-state index in [0.717, 1.165) is 0 Å². The van der Waals surface area contributed by atoms with E-state index in [2.05, 4.69) is 241 Å². The van der Waals surface area contributed by atoms with Gasteiger partial charge in [-0.15, -0.1) is 0 Å². The maximum absolute atomic E-state index is 4.10. The van der Waals surface area contributed by atoms with Gasteiger partial charge in [0.1, 0.15) is 0 Å². The molecular weight excluding hydrogens is 751 g/mol. The van der Waals surface area contributed by atoms with Crippen LogP contribution in [-0.4, -0.2) is 0 Å². The van der Waals surface area contributed by atoms with Gasteiger partial charge in [0.05, 0.1) is 23.9 Å². The summed E-state index contributed by atoms with van der Waals surface area (Å²) in [7, 11) is 0. The molecule has 10 aromatic carbocycles. The van der Waals surface area contributed by atoms with Gasteiger partial charge in [0.15, 0.2) is 0 Å². The van der Waals surface area contributed by atoms with Crippen LogP contribution in [0.1, 0.15) is 63.0 Å². The SMILES string of the molecule is Cc1ccc2c(-c3ccc(C4NC(c5ccc6c(c5)C(c5ccccc5)(c5ccccc5)c5ccccc5-6)NC(c5cc6ccccc6c6ccccc56)N4)cc3)cccc2c1. The van der Waals surface area contributed by atoms with Gasteiger partial charge in [-0.1, -0.05) is 218 Å². The lowest BCUT2D eigenvalue weighted by molar-refractivity contribution is 0.204. The first kappa shape index (κ1) is 36.7. The molecule has 3 atom stereocenters. The van der Waals surface area contributed by atoms with E-state index in [9.17, 15) is 0 Å². The van der Waals surface area contributed by atoms with E-state index >= 15 is 0 Å². The fourth-order valence-corrected chi connectivity index (χ4v) is 10.7. The smallest absolute Gasteiger partial charge is 0.0870 e. The topological polar surface area (TPSA) is 36.1 Å². The predicted molar refractivity (Wildman–Crippen MR) is 257 cm³/mol. The van der Waals surface area contributed by atoms with Crippen LogP contribution in [0.5, 0.6) is 0 Å². The fraction of sp³-hybridized carbons (Fsp3) is 0.0847.